The molecule has 2 rings (SSSR count). The molecule has 1 fully saturated rings. The standard InChI is InChI=1S/C10H15N3O4/c1-2-5-7(14)8(15)9(17-5)13-4-3-6(11)12-10(13)16/h3-5,7-9,14-15H,2H2,1H3,(H2,11,12,16)/t5-,7+,8-,9-/m1/s1. The van der Waals surface area contributed by atoms with Gasteiger partial charge in [-0.05, 0) is 12.5 Å². The molecule has 0 saturated carbocycles. The quantitative estimate of drug-likeness (QED) is 0.603. The third-order valence-corrected chi connectivity index (χ3v) is 2.87. The van der Waals surface area contributed by atoms with E-state index in [0.717, 1.165) is 4.57 Å². The lowest BCUT2D eigenvalue weighted by Gasteiger charge is -2.16. The highest BCUT2D eigenvalue weighted by Crippen LogP contribution is 2.29. The molecular weight excluding hydrogens is 226 g/mol. The van der Waals surface area contributed by atoms with Crippen molar-refractivity contribution in [3.63, 3.8) is 0 Å². The second kappa shape index (κ2) is 4.44. The van der Waals surface area contributed by atoms with E-state index in [1.165, 1.54) is 12.3 Å². The van der Waals surface area contributed by atoms with Crippen LogP contribution in [0.3, 0.4) is 0 Å². The Morgan fingerprint density at radius 2 is 2.24 bits per heavy atom. The number of anilines is 1. The fourth-order valence-electron chi connectivity index (χ4n) is 1.92. The summed E-state index contributed by atoms with van der Waals surface area (Å²) in [7, 11) is 0. The number of aliphatic hydroxyl groups excluding tert-OH is 2. The van der Waals surface area contributed by atoms with Crippen molar-refractivity contribution in [1.29, 1.82) is 0 Å². The summed E-state index contributed by atoms with van der Waals surface area (Å²) in [6, 6.07) is 1.43. The highest BCUT2D eigenvalue weighted by molar-refractivity contribution is 5.23. The Bertz CT molecular complexity index is 461. The van der Waals surface area contributed by atoms with Crippen LogP contribution in [0.1, 0.15) is 19.6 Å². The monoisotopic (exact) mass is 241 g/mol. The van der Waals surface area contributed by atoms with Crippen LogP contribution in [-0.4, -0.2) is 38.1 Å². The predicted molar refractivity (Wildman–Crippen MR) is 59.1 cm³/mol. The zero-order valence-corrected chi connectivity index (χ0v) is 9.35. The first kappa shape index (κ1) is 12.0. The zero-order chi connectivity index (χ0) is 12.6. The van der Waals surface area contributed by atoms with Gasteiger partial charge in [0, 0.05) is 6.20 Å². The largest absolute Gasteiger partial charge is 0.388 e. The Balaban J connectivity index is 2.32. The molecule has 0 unspecified atom stereocenters. The molecule has 4 atom stereocenters. The van der Waals surface area contributed by atoms with Gasteiger partial charge in [0.2, 0.25) is 0 Å². The summed E-state index contributed by atoms with van der Waals surface area (Å²) in [5.74, 6) is 0.103. The fourth-order valence-corrected chi connectivity index (χ4v) is 1.92. The second-order valence-corrected chi connectivity index (χ2v) is 4.00. The molecule has 0 aliphatic carbocycles. The summed E-state index contributed by atoms with van der Waals surface area (Å²) in [4.78, 5) is 15.1. The number of hydrogen-bond acceptors (Lipinski definition) is 6. The minimum Gasteiger partial charge on any atom is -0.388 e. The van der Waals surface area contributed by atoms with Crippen LogP contribution in [0, 0.1) is 0 Å². The van der Waals surface area contributed by atoms with Gasteiger partial charge < -0.3 is 20.7 Å². The molecule has 4 N–H and O–H groups in total. The van der Waals surface area contributed by atoms with E-state index in [2.05, 4.69) is 4.98 Å². The van der Waals surface area contributed by atoms with E-state index in [-0.39, 0.29) is 5.82 Å². The van der Waals surface area contributed by atoms with Crippen LogP contribution in [0.4, 0.5) is 5.82 Å². The van der Waals surface area contributed by atoms with Crippen LogP contribution in [0.5, 0.6) is 0 Å². The Morgan fingerprint density at radius 1 is 1.53 bits per heavy atom. The molecule has 1 saturated heterocycles. The van der Waals surface area contributed by atoms with Crippen molar-refractivity contribution < 1.29 is 14.9 Å². The molecule has 0 radical (unpaired) electrons. The van der Waals surface area contributed by atoms with Gasteiger partial charge in [-0.1, -0.05) is 6.92 Å². The Hall–Kier alpha value is -1.44. The number of aliphatic hydroxyl groups is 2. The highest BCUT2D eigenvalue weighted by atomic mass is 16.6. The third-order valence-electron chi connectivity index (χ3n) is 2.87. The first-order valence-corrected chi connectivity index (χ1v) is 5.41. The second-order valence-electron chi connectivity index (χ2n) is 4.00. The highest BCUT2D eigenvalue weighted by Gasteiger charge is 2.43. The predicted octanol–water partition coefficient (Wildman–Crippen LogP) is -1.15. The molecule has 2 heterocycles. The zero-order valence-electron chi connectivity index (χ0n) is 9.35. The molecule has 0 spiro atoms. The number of nitrogens with two attached hydrogens (primary N) is 1. The minimum absolute atomic E-state index is 0.103. The van der Waals surface area contributed by atoms with Gasteiger partial charge in [0.25, 0.3) is 0 Å². The van der Waals surface area contributed by atoms with Crippen LogP contribution >= 0.6 is 0 Å². The van der Waals surface area contributed by atoms with E-state index in [9.17, 15) is 15.0 Å². The maximum absolute atomic E-state index is 11.6. The summed E-state index contributed by atoms with van der Waals surface area (Å²) in [5, 5.41) is 19.5. The lowest BCUT2D eigenvalue weighted by molar-refractivity contribution is -0.0403. The molecule has 94 valence electrons. The van der Waals surface area contributed by atoms with E-state index in [0.29, 0.717) is 6.42 Å². The molecule has 1 aromatic heterocycles. The Kier molecular flexibility index (Phi) is 3.14. The molecule has 7 nitrogen and oxygen atoms in total. The first-order valence-electron chi connectivity index (χ1n) is 5.41. The Labute approximate surface area is 97.5 Å². The van der Waals surface area contributed by atoms with E-state index in [1.807, 2.05) is 6.92 Å². The molecule has 1 aliphatic rings. The molecule has 17 heavy (non-hydrogen) atoms. The van der Waals surface area contributed by atoms with Crippen molar-refractivity contribution in [3.05, 3.63) is 22.7 Å². The maximum Gasteiger partial charge on any atom is 0.351 e. The third kappa shape index (κ3) is 2.04. The van der Waals surface area contributed by atoms with Crippen LogP contribution in [0.25, 0.3) is 0 Å². The molecule has 0 aromatic carbocycles. The number of rotatable bonds is 2. The van der Waals surface area contributed by atoms with Crippen LogP contribution in [0.2, 0.25) is 0 Å². The van der Waals surface area contributed by atoms with Gasteiger partial charge in [-0.25, -0.2) is 4.79 Å². The van der Waals surface area contributed by atoms with Gasteiger partial charge in [-0.3, -0.25) is 4.57 Å². The van der Waals surface area contributed by atoms with Gasteiger partial charge in [0.05, 0.1) is 6.10 Å². The SMILES string of the molecule is CC[C@H]1O[C@@H](n2ccc(N)nc2=O)[C@H](O)[C@H]1O. The number of nitrogens with zero attached hydrogens (tertiary/aromatic N) is 2. The van der Waals surface area contributed by atoms with Gasteiger partial charge in [0.1, 0.15) is 18.0 Å². The number of nitrogen functional groups attached to an aromatic ring is 1. The van der Waals surface area contributed by atoms with E-state index < -0.39 is 30.2 Å². The van der Waals surface area contributed by atoms with Crippen molar-refractivity contribution >= 4 is 5.82 Å². The van der Waals surface area contributed by atoms with Crippen molar-refractivity contribution in [2.75, 3.05) is 5.73 Å². The van der Waals surface area contributed by atoms with Gasteiger partial charge in [0.15, 0.2) is 6.23 Å². The summed E-state index contributed by atoms with van der Waals surface area (Å²) in [6.07, 6.45) is -1.62. The van der Waals surface area contributed by atoms with Crippen molar-refractivity contribution in [2.24, 2.45) is 0 Å². The minimum atomic E-state index is -1.15. The lowest BCUT2D eigenvalue weighted by Crippen LogP contribution is -2.35. The summed E-state index contributed by atoms with van der Waals surface area (Å²) >= 11 is 0. The van der Waals surface area contributed by atoms with Gasteiger partial charge >= 0.3 is 5.69 Å². The number of hydrogen-bond donors (Lipinski definition) is 3. The normalized spacial score (nSPS) is 32.9. The van der Waals surface area contributed by atoms with E-state index in [1.54, 1.807) is 0 Å². The average molecular weight is 241 g/mol. The van der Waals surface area contributed by atoms with Crippen LogP contribution in [0.15, 0.2) is 17.1 Å². The topological polar surface area (TPSA) is 111 Å². The average Bonchev–Trinajstić information content (AvgIpc) is 2.57. The smallest absolute Gasteiger partial charge is 0.351 e. The van der Waals surface area contributed by atoms with Gasteiger partial charge in [-0.15, -0.1) is 0 Å². The molecule has 0 bridgehead atoms. The molecule has 1 aromatic rings. The fraction of sp³-hybridized carbons (Fsp3) is 0.600. The van der Waals surface area contributed by atoms with Crippen molar-refractivity contribution in [2.45, 2.75) is 37.9 Å². The van der Waals surface area contributed by atoms with Gasteiger partial charge in [-0.2, -0.15) is 4.98 Å². The summed E-state index contributed by atoms with van der Waals surface area (Å²) < 4.78 is 6.55. The number of ether oxygens (including phenoxy) is 1. The number of aromatic nitrogens is 2. The van der Waals surface area contributed by atoms with E-state index >= 15 is 0 Å². The van der Waals surface area contributed by atoms with Crippen LogP contribution in [-0.2, 0) is 4.74 Å². The molecular formula is C10H15N3O4. The molecule has 7 heteroatoms. The summed E-state index contributed by atoms with van der Waals surface area (Å²) in [5.41, 5.74) is 4.75. The Morgan fingerprint density at radius 3 is 2.76 bits per heavy atom. The van der Waals surface area contributed by atoms with Crippen molar-refractivity contribution in [3.8, 4) is 0 Å². The van der Waals surface area contributed by atoms with Crippen LogP contribution < -0.4 is 11.4 Å². The van der Waals surface area contributed by atoms with E-state index in [4.69, 9.17) is 10.5 Å². The maximum atomic E-state index is 11.6. The van der Waals surface area contributed by atoms with Crippen molar-refractivity contribution in [1.82, 2.24) is 9.55 Å². The lowest BCUT2D eigenvalue weighted by atomic mass is 10.1. The first-order chi connectivity index (χ1) is 8.04. The summed E-state index contributed by atoms with van der Waals surface area (Å²) in [6.45, 7) is 1.83. The molecule has 0 amide bonds. The molecule has 1 aliphatic heterocycles.